The first-order valence-corrected chi connectivity index (χ1v) is 7.65. The summed E-state index contributed by atoms with van der Waals surface area (Å²) in [5.74, 6) is 0.239. The number of aromatic nitrogens is 1. The number of nitro groups is 1. The van der Waals surface area contributed by atoms with Crippen LogP contribution in [-0.4, -0.2) is 40.5 Å². The summed E-state index contributed by atoms with van der Waals surface area (Å²) in [5.41, 5.74) is -0.0463. The molecule has 0 spiro atoms. The topological polar surface area (TPSA) is 71.3 Å². The molecule has 1 aromatic rings. The van der Waals surface area contributed by atoms with E-state index in [4.69, 9.17) is 11.6 Å². The molecule has 0 saturated carbocycles. The Bertz CT molecular complexity index is 466. The third kappa shape index (κ3) is 5.85. The SMILES string of the molecule is CCN(CC)CCCC(C)Nc1nc(Cl)ccc1[N+](=O)[O-]. The molecule has 0 radical (unpaired) electrons. The molecule has 1 rings (SSSR count). The van der Waals surface area contributed by atoms with Gasteiger partial charge in [0.05, 0.1) is 4.92 Å². The highest BCUT2D eigenvalue weighted by Crippen LogP contribution is 2.25. The van der Waals surface area contributed by atoms with E-state index in [9.17, 15) is 10.1 Å². The normalized spacial score (nSPS) is 12.4. The van der Waals surface area contributed by atoms with Crippen molar-refractivity contribution in [1.29, 1.82) is 0 Å². The van der Waals surface area contributed by atoms with Gasteiger partial charge in [0.15, 0.2) is 0 Å². The van der Waals surface area contributed by atoms with Crippen molar-refractivity contribution < 1.29 is 4.92 Å². The third-order valence-electron chi connectivity index (χ3n) is 3.43. The summed E-state index contributed by atoms with van der Waals surface area (Å²) in [5, 5.41) is 14.3. The Morgan fingerprint density at radius 2 is 2.10 bits per heavy atom. The molecule has 7 heteroatoms. The Morgan fingerprint density at radius 3 is 2.67 bits per heavy atom. The minimum Gasteiger partial charge on any atom is -0.362 e. The van der Waals surface area contributed by atoms with Crippen LogP contribution in [0, 0.1) is 10.1 Å². The zero-order valence-corrected chi connectivity index (χ0v) is 13.6. The second-order valence-corrected chi connectivity index (χ2v) is 5.36. The van der Waals surface area contributed by atoms with E-state index >= 15 is 0 Å². The fourth-order valence-corrected chi connectivity index (χ4v) is 2.30. The van der Waals surface area contributed by atoms with Crippen molar-refractivity contribution in [2.45, 2.75) is 39.7 Å². The number of pyridine rings is 1. The summed E-state index contributed by atoms with van der Waals surface area (Å²) in [6.07, 6.45) is 1.95. The van der Waals surface area contributed by atoms with Crippen LogP contribution >= 0.6 is 11.6 Å². The van der Waals surface area contributed by atoms with Crippen LogP contribution in [0.1, 0.15) is 33.6 Å². The summed E-state index contributed by atoms with van der Waals surface area (Å²) in [6, 6.07) is 2.90. The molecule has 0 fully saturated rings. The Hall–Kier alpha value is -1.40. The average Bonchev–Trinajstić information content (AvgIpc) is 2.43. The van der Waals surface area contributed by atoms with Crippen LogP contribution in [-0.2, 0) is 0 Å². The van der Waals surface area contributed by atoms with Crippen LogP contribution in [0.4, 0.5) is 11.5 Å². The van der Waals surface area contributed by atoms with E-state index in [-0.39, 0.29) is 22.7 Å². The molecule has 0 aliphatic heterocycles. The molecule has 1 unspecified atom stereocenters. The van der Waals surface area contributed by atoms with Crippen LogP contribution in [0.25, 0.3) is 0 Å². The summed E-state index contributed by atoms with van der Waals surface area (Å²) >= 11 is 5.81. The van der Waals surface area contributed by atoms with Gasteiger partial charge in [-0.1, -0.05) is 25.4 Å². The number of nitrogens with one attached hydrogen (secondary N) is 1. The maximum atomic E-state index is 11.0. The lowest BCUT2D eigenvalue weighted by molar-refractivity contribution is -0.384. The number of halogens is 1. The van der Waals surface area contributed by atoms with Crippen molar-refractivity contribution >= 4 is 23.1 Å². The maximum Gasteiger partial charge on any atom is 0.311 e. The van der Waals surface area contributed by atoms with Crippen molar-refractivity contribution in [3.8, 4) is 0 Å². The minimum atomic E-state index is -0.450. The molecule has 1 heterocycles. The standard InChI is InChI=1S/C14H23ClN4O2/c1-4-18(5-2)10-6-7-11(3)16-14-12(19(20)21)8-9-13(15)17-14/h8-9,11H,4-7,10H2,1-3H3,(H,16,17). The van der Waals surface area contributed by atoms with Gasteiger partial charge in [0.2, 0.25) is 5.82 Å². The van der Waals surface area contributed by atoms with E-state index in [2.05, 4.69) is 29.0 Å². The van der Waals surface area contributed by atoms with Crippen LogP contribution in [0.2, 0.25) is 5.15 Å². The van der Waals surface area contributed by atoms with E-state index < -0.39 is 4.92 Å². The van der Waals surface area contributed by atoms with Gasteiger partial charge in [-0.15, -0.1) is 0 Å². The number of hydrogen-bond donors (Lipinski definition) is 1. The first-order valence-electron chi connectivity index (χ1n) is 7.27. The first-order chi connectivity index (χ1) is 9.97. The van der Waals surface area contributed by atoms with Crippen LogP contribution < -0.4 is 5.32 Å². The fourth-order valence-electron chi connectivity index (χ4n) is 2.15. The zero-order valence-electron chi connectivity index (χ0n) is 12.8. The van der Waals surface area contributed by atoms with Gasteiger partial charge in [0.25, 0.3) is 0 Å². The lowest BCUT2D eigenvalue weighted by Crippen LogP contribution is -2.25. The molecule has 0 aliphatic rings. The summed E-state index contributed by atoms with van der Waals surface area (Å²) in [4.78, 5) is 16.9. The average molecular weight is 315 g/mol. The number of hydrogen-bond acceptors (Lipinski definition) is 5. The van der Waals surface area contributed by atoms with Crippen molar-refractivity contribution in [2.75, 3.05) is 25.0 Å². The van der Waals surface area contributed by atoms with E-state index in [0.717, 1.165) is 32.5 Å². The largest absolute Gasteiger partial charge is 0.362 e. The highest BCUT2D eigenvalue weighted by Gasteiger charge is 2.17. The number of nitrogens with zero attached hydrogens (tertiary/aromatic N) is 3. The Morgan fingerprint density at radius 1 is 1.43 bits per heavy atom. The highest BCUT2D eigenvalue weighted by atomic mass is 35.5. The lowest BCUT2D eigenvalue weighted by atomic mass is 10.1. The molecular weight excluding hydrogens is 292 g/mol. The molecule has 0 saturated heterocycles. The van der Waals surface area contributed by atoms with Crippen molar-refractivity contribution in [3.63, 3.8) is 0 Å². The van der Waals surface area contributed by atoms with E-state index in [1.807, 2.05) is 6.92 Å². The Balaban J connectivity index is 2.56. The molecule has 1 N–H and O–H groups in total. The lowest BCUT2D eigenvalue weighted by Gasteiger charge is -2.20. The van der Waals surface area contributed by atoms with Gasteiger partial charge >= 0.3 is 5.69 Å². The van der Waals surface area contributed by atoms with Crippen molar-refractivity contribution in [3.05, 3.63) is 27.4 Å². The van der Waals surface area contributed by atoms with E-state index in [0.29, 0.717) is 0 Å². The van der Waals surface area contributed by atoms with Gasteiger partial charge in [-0.25, -0.2) is 4.98 Å². The predicted molar refractivity (Wildman–Crippen MR) is 86.0 cm³/mol. The predicted octanol–water partition coefficient (Wildman–Crippen LogP) is 3.57. The van der Waals surface area contributed by atoms with Gasteiger partial charge in [0.1, 0.15) is 5.15 Å². The molecule has 21 heavy (non-hydrogen) atoms. The number of anilines is 1. The van der Waals surface area contributed by atoms with Gasteiger partial charge in [-0.05, 0) is 45.5 Å². The molecule has 0 amide bonds. The van der Waals surface area contributed by atoms with Crippen LogP contribution in [0.3, 0.4) is 0 Å². The molecular formula is C14H23ClN4O2. The number of rotatable bonds is 9. The quantitative estimate of drug-likeness (QED) is 0.428. The zero-order chi connectivity index (χ0) is 15.8. The smallest absolute Gasteiger partial charge is 0.311 e. The molecule has 118 valence electrons. The van der Waals surface area contributed by atoms with Crippen LogP contribution in [0.15, 0.2) is 12.1 Å². The molecule has 6 nitrogen and oxygen atoms in total. The van der Waals surface area contributed by atoms with Crippen LogP contribution in [0.5, 0.6) is 0 Å². The van der Waals surface area contributed by atoms with E-state index in [1.54, 1.807) is 0 Å². The second kappa shape index (κ2) is 8.79. The van der Waals surface area contributed by atoms with Gasteiger partial charge in [-0.3, -0.25) is 10.1 Å². The minimum absolute atomic E-state index is 0.0463. The van der Waals surface area contributed by atoms with Crippen molar-refractivity contribution in [2.24, 2.45) is 0 Å². The molecule has 1 aromatic heterocycles. The third-order valence-corrected chi connectivity index (χ3v) is 3.64. The molecule has 0 bridgehead atoms. The molecule has 0 aliphatic carbocycles. The van der Waals surface area contributed by atoms with Gasteiger partial charge in [0, 0.05) is 12.1 Å². The molecule has 1 atom stereocenters. The first kappa shape index (κ1) is 17.7. The monoisotopic (exact) mass is 314 g/mol. The molecule has 0 aromatic carbocycles. The second-order valence-electron chi connectivity index (χ2n) is 4.97. The van der Waals surface area contributed by atoms with Gasteiger partial charge in [-0.2, -0.15) is 0 Å². The maximum absolute atomic E-state index is 11.0. The Labute approximate surface area is 130 Å². The summed E-state index contributed by atoms with van der Waals surface area (Å²) in [6.45, 7) is 9.40. The van der Waals surface area contributed by atoms with Gasteiger partial charge < -0.3 is 10.2 Å². The fraction of sp³-hybridized carbons (Fsp3) is 0.643. The van der Waals surface area contributed by atoms with E-state index in [1.165, 1.54) is 12.1 Å². The highest BCUT2D eigenvalue weighted by molar-refractivity contribution is 6.29. The Kier molecular flexibility index (Phi) is 7.39. The summed E-state index contributed by atoms with van der Waals surface area (Å²) < 4.78 is 0. The summed E-state index contributed by atoms with van der Waals surface area (Å²) in [7, 11) is 0. The van der Waals surface area contributed by atoms with Crippen molar-refractivity contribution in [1.82, 2.24) is 9.88 Å².